The van der Waals surface area contributed by atoms with Crippen LogP contribution in [0.5, 0.6) is 0 Å². The van der Waals surface area contributed by atoms with Gasteiger partial charge in [-0.05, 0) is 0 Å². The molecule has 0 aromatic carbocycles. The monoisotopic (exact) mass is 144 g/mol. The summed E-state index contributed by atoms with van der Waals surface area (Å²) in [5, 5.41) is 12.9. The summed E-state index contributed by atoms with van der Waals surface area (Å²) < 4.78 is 0. The maximum atomic E-state index is 10.5. The normalized spacial score (nSPS) is 8.80. The molecule has 0 spiro atoms. The van der Waals surface area contributed by atoms with Crippen molar-refractivity contribution >= 4 is 19.9 Å². The maximum Gasteiger partial charge on any atom is 0.322 e. The first-order valence-electron chi connectivity index (χ1n) is 2.80. The van der Waals surface area contributed by atoms with Crippen LogP contribution in [0.3, 0.4) is 0 Å². The highest BCUT2D eigenvalue weighted by atomic mass is 16.4. The third kappa shape index (κ3) is 5.11. The lowest BCUT2D eigenvalue weighted by atomic mass is 10.4. The van der Waals surface area contributed by atoms with Crippen LogP contribution in [-0.4, -0.2) is 38.1 Å². The molecule has 0 heterocycles. The molecule has 0 aromatic heterocycles. The summed E-state index contributed by atoms with van der Waals surface area (Å²) >= 11 is 0. The van der Waals surface area contributed by atoms with Crippen molar-refractivity contribution in [2.24, 2.45) is 0 Å². The smallest absolute Gasteiger partial charge is 0.322 e. The van der Waals surface area contributed by atoms with Gasteiger partial charge in [-0.15, -0.1) is 0 Å². The summed E-state index contributed by atoms with van der Waals surface area (Å²) in [6.45, 7) is -0.173. The molecule has 0 radical (unpaired) electrons. The van der Waals surface area contributed by atoms with Gasteiger partial charge in [0.1, 0.15) is 6.54 Å². The lowest BCUT2D eigenvalue weighted by molar-refractivity contribution is -0.137. The van der Waals surface area contributed by atoms with Gasteiger partial charge in [-0.3, -0.25) is 9.59 Å². The van der Waals surface area contributed by atoms with Crippen LogP contribution in [0.15, 0.2) is 0 Å². The molecule has 0 saturated carbocycles. The van der Waals surface area contributed by atoms with Crippen molar-refractivity contribution in [2.45, 2.75) is 0 Å². The van der Waals surface area contributed by atoms with Crippen molar-refractivity contribution in [1.82, 2.24) is 10.5 Å². The highest BCUT2D eigenvalue weighted by Crippen LogP contribution is 1.62. The van der Waals surface area contributed by atoms with E-state index in [1.54, 1.807) is 7.98 Å². The molecule has 0 aliphatic carbocycles. The Morgan fingerprint density at radius 1 is 1.40 bits per heavy atom. The van der Waals surface area contributed by atoms with Gasteiger partial charge in [0, 0.05) is 0 Å². The van der Waals surface area contributed by atoms with Crippen LogP contribution in [0.2, 0.25) is 0 Å². The first kappa shape index (κ1) is 8.96. The van der Waals surface area contributed by atoms with Gasteiger partial charge < -0.3 is 15.7 Å². The Kier molecular flexibility index (Phi) is 4.31. The van der Waals surface area contributed by atoms with E-state index in [0.717, 1.165) is 0 Å². The molecule has 0 bridgehead atoms. The highest BCUT2D eigenvalue weighted by molar-refractivity contribution is 6.06. The van der Waals surface area contributed by atoms with Crippen LogP contribution >= 0.6 is 0 Å². The number of carbonyl (C=O) groups excluding carboxylic acids is 1. The van der Waals surface area contributed by atoms with Gasteiger partial charge in [0.2, 0.25) is 5.91 Å². The standard InChI is InChI=1S/C4H9BN2O3/c5-7-1-3(8)6-2-4(9)10/h7H,1-2,5H2,(H,6,8)(H,9,10). The minimum Gasteiger partial charge on any atom is -0.480 e. The summed E-state index contributed by atoms with van der Waals surface area (Å²) in [7, 11) is 1.61. The van der Waals surface area contributed by atoms with Crippen molar-refractivity contribution in [2.75, 3.05) is 13.1 Å². The molecular formula is C4H9BN2O3. The third-order valence-electron chi connectivity index (χ3n) is 0.774. The van der Waals surface area contributed by atoms with Crippen molar-refractivity contribution in [3.8, 4) is 0 Å². The molecular weight excluding hydrogens is 135 g/mol. The van der Waals surface area contributed by atoms with Crippen LogP contribution in [-0.2, 0) is 9.59 Å². The van der Waals surface area contributed by atoms with Crippen LogP contribution in [0.25, 0.3) is 0 Å². The minimum absolute atomic E-state index is 0.146. The number of nitrogens with one attached hydrogen (secondary N) is 2. The zero-order valence-corrected chi connectivity index (χ0v) is 5.68. The fraction of sp³-hybridized carbons (Fsp3) is 0.500. The SMILES string of the molecule is BNCC(=O)NCC(=O)O. The van der Waals surface area contributed by atoms with E-state index in [4.69, 9.17) is 5.11 Å². The summed E-state index contributed by atoms with van der Waals surface area (Å²) in [5.41, 5.74) is 0. The lowest BCUT2D eigenvalue weighted by Crippen LogP contribution is -2.35. The van der Waals surface area contributed by atoms with E-state index >= 15 is 0 Å². The van der Waals surface area contributed by atoms with Crippen LogP contribution in [0.1, 0.15) is 0 Å². The van der Waals surface area contributed by atoms with E-state index in [1.807, 2.05) is 0 Å². The summed E-state index contributed by atoms with van der Waals surface area (Å²) in [6, 6.07) is 0. The van der Waals surface area contributed by atoms with E-state index < -0.39 is 5.97 Å². The molecule has 0 fully saturated rings. The molecule has 1 amide bonds. The fourth-order valence-corrected chi connectivity index (χ4v) is 0.397. The van der Waals surface area contributed by atoms with E-state index in [2.05, 4.69) is 10.5 Å². The Hall–Kier alpha value is -1.04. The van der Waals surface area contributed by atoms with Gasteiger partial charge in [0.05, 0.1) is 6.54 Å². The first-order chi connectivity index (χ1) is 4.66. The Morgan fingerprint density at radius 2 is 2.00 bits per heavy atom. The van der Waals surface area contributed by atoms with E-state index in [0.29, 0.717) is 0 Å². The molecule has 5 nitrogen and oxygen atoms in total. The predicted octanol–water partition coefficient (Wildman–Crippen LogP) is -2.68. The molecule has 0 aromatic rings. The number of carbonyl (C=O) groups is 2. The Labute approximate surface area is 59.2 Å². The van der Waals surface area contributed by atoms with E-state index in [-0.39, 0.29) is 19.0 Å². The van der Waals surface area contributed by atoms with Crippen molar-refractivity contribution in [1.29, 1.82) is 0 Å². The van der Waals surface area contributed by atoms with Gasteiger partial charge in [-0.2, -0.15) is 0 Å². The van der Waals surface area contributed by atoms with Gasteiger partial charge in [0.15, 0.2) is 7.98 Å². The van der Waals surface area contributed by atoms with Gasteiger partial charge in [-0.25, -0.2) is 0 Å². The number of carboxylic acid groups (broad SMARTS) is 1. The second-order valence-corrected chi connectivity index (χ2v) is 1.70. The van der Waals surface area contributed by atoms with Gasteiger partial charge in [0.25, 0.3) is 0 Å². The van der Waals surface area contributed by atoms with E-state index in [1.165, 1.54) is 0 Å². The molecule has 3 N–H and O–H groups in total. The van der Waals surface area contributed by atoms with Crippen molar-refractivity contribution in [3.05, 3.63) is 0 Å². The molecule has 10 heavy (non-hydrogen) atoms. The van der Waals surface area contributed by atoms with Crippen LogP contribution in [0.4, 0.5) is 0 Å². The highest BCUT2D eigenvalue weighted by Gasteiger charge is 2.00. The number of hydrogen-bond acceptors (Lipinski definition) is 3. The summed E-state index contributed by atoms with van der Waals surface area (Å²) in [5.74, 6) is -1.35. The first-order valence-corrected chi connectivity index (χ1v) is 2.80. The average molecular weight is 144 g/mol. The molecule has 56 valence electrons. The topological polar surface area (TPSA) is 78.4 Å². The molecule has 0 aliphatic rings. The molecule has 6 heteroatoms. The van der Waals surface area contributed by atoms with Crippen molar-refractivity contribution < 1.29 is 14.7 Å². The van der Waals surface area contributed by atoms with E-state index in [9.17, 15) is 9.59 Å². The zero-order chi connectivity index (χ0) is 7.98. The predicted molar refractivity (Wildman–Crippen MR) is 37.2 cm³/mol. The maximum absolute atomic E-state index is 10.5. The zero-order valence-electron chi connectivity index (χ0n) is 5.68. The Morgan fingerprint density at radius 3 is 2.40 bits per heavy atom. The summed E-state index contributed by atoms with van der Waals surface area (Å²) in [6.07, 6.45) is 0. The lowest BCUT2D eigenvalue weighted by Gasteiger charge is -1.99. The molecule has 0 rings (SSSR count). The largest absolute Gasteiger partial charge is 0.480 e. The fourth-order valence-electron chi connectivity index (χ4n) is 0.397. The quantitative estimate of drug-likeness (QED) is 0.376. The second-order valence-electron chi connectivity index (χ2n) is 1.70. The Balaban J connectivity index is 3.30. The number of carboxylic acids is 1. The molecule has 0 saturated heterocycles. The number of amides is 1. The minimum atomic E-state index is -1.04. The molecule has 0 unspecified atom stereocenters. The number of hydrogen-bond donors (Lipinski definition) is 3. The van der Waals surface area contributed by atoms with Gasteiger partial charge in [-0.1, -0.05) is 0 Å². The number of aliphatic carboxylic acids is 1. The van der Waals surface area contributed by atoms with Gasteiger partial charge >= 0.3 is 5.97 Å². The molecule has 0 atom stereocenters. The third-order valence-corrected chi connectivity index (χ3v) is 0.774. The number of rotatable bonds is 4. The van der Waals surface area contributed by atoms with Crippen molar-refractivity contribution in [3.63, 3.8) is 0 Å². The second kappa shape index (κ2) is 4.81. The molecule has 0 aliphatic heterocycles. The average Bonchev–Trinajstić information content (AvgIpc) is 1.85. The van der Waals surface area contributed by atoms with Crippen LogP contribution in [0, 0.1) is 0 Å². The Bertz CT molecular complexity index is 138. The van der Waals surface area contributed by atoms with Crippen LogP contribution < -0.4 is 10.5 Å². The summed E-state index contributed by atoms with van der Waals surface area (Å²) in [4.78, 5) is 20.4.